The standard InChI is InChI=1S/C18H16F3N3O5/c1-10(16(25)23-12-5-3-4-11(8-12)18(19,20)21)29-17(26)14-9-13(24(27)28)6-7-15(14)22-2/h3-10,22H,1-2H3,(H,23,25)/t10-/m1/s1. The van der Waals surface area contributed by atoms with E-state index in [0.29, 0.717) is 0 Å². The van der Waals surface area contributed by atoms with Crippen molar-refractivity contribution in [2.75, 3.05) is 17.7 Å². The van der Waals surface area contributed by atoms with Crippen LogP contribution in [0, 0.1) is 10.1 Å². The van der Waals surface area contributed by atoms with Gasteiger partial charge in [-0.15, -0.1) is 0 Å². The number of nitrogens with one attached hydrogen (secondary N) is 2. The molecular weight excluding hydrogens is 395 g/mol. The molecule has 0 spiro atoms. The zero-order valence-corrected chi connectivity index (χ0v) is 15.2. The highest BCUT2D eigenvalue weighted by atomic mass is 19.4. The third-order valence-corrected chi connectivity index (χ3v) is 3.81. The Morgan fingerprint density at radius 3 is 2.45 bits per heavy atom. The van der Waals surface area contributed by atoms with Gasteiger partial charge < -0.3 is 15.4 Å². The Balaban J connectivity index is 2.13. The van der Waals surface area contributed by atoms with Crippen LogP contribution in [0.2, 0.25) is 0 Å². The summed E-state index contributed by atoms with van der Waals surface area (Å²) in [7, 11) is 1.49. The summed E-state index contributed by atoms with van der Waals surface area (Å²) in [5.41, 5.74) is -1.35. The third kappa shape index (κ3) is 5.43. The van der Waals surface area contributed by atoms with Gasteiger partial charge in [0.1, 0.15) is 0 Å². The smallest absolute Gasteiger partial charge is 0.416 e. The van der Waals surface area contributed by atoms with E-state index in [0.717, 1.165) is 24.3 Å². The lowest BCUT2D eigenvalue weighted by atomic mass is 10.1. The van der Waals surface area contributed by atoms with Gasteiger partial charge in [0.05, 0.1) is 16.1 Å². The van der Waals surface area contributed by atoms with Crippen LogP contribution in [-0.4, -0.2) is 30.0 Å². The van der Waals surface area contributed by atoms with E-state index in [9.17, 15) is 32.9 Å². The number of nitrogens with zero attached hydrogens (tertiary/aromatic N) is 1. The Morgan fingerprint density at radius 2 is 1.86 bits per heavy atom. The topological polar surface area (TPSA) is 111 Å². The van der Waals surface area contributed by atoms with Crippen LogP contribution in [0.15, 0.2) is 42.5 Å². The summed E-state index contributed by atoms with van der Waals surface area (Å²) in [6.45, 7) is 1.22. The number of halogens is 3. The molecule has 0 aliphatic rings. The van der Waals surface area contributed by atoms with E-state index in [1.54, 1.807) is 0 Å². The lowest BCUT2D eigenvalue weighted by molar-refractivity contribution is -0.384. The SMILES string of the molecule is CNc1ccc([N+](=O)[O-])cc1C(=O)O[C@H](C)C(=O)Nc1cccc(C(F)(F)F)c1. The van der Waals surface area contributed by atoms with Crippen molar-refractivity contribution < 1.29 is 32.4 Å². The molecule has 1 atom stereocenters. The molecule has 0 aliphatic heterocycles. The van der Waals surface area contributed by atoms with Gasteiger partial charge >= 0.3 is 12.1 Å². The monoisotopic (exact) mass is 411 g/mol. The highest BCUT2D eigenvalue weighted by molar-refractivity contribution is 6.00. The number of alkyl halides is 3. The van der Waals surface area contributed by atoms with Gasteiger partial charge in [-0.2, -0.15) is 13.2 Å². The minimum atomic E-state index is -4.58. The Labute approximate surface area is 162 Å². The van der Waals surface area contributed by atoms with Crippen LogP contribution in [0.1, 0.15) is 22.8 Å². The second kappa shape index (κ2) is 8.59. The maximum Gasteiger partial charge on any atom is 0.416 e. The first kappa shape index (κ1) is 21.7. The molecule has 0 unspecified atom stereocenters. The first-order valence-corrected chi connectivity index (χ1v) is 8.18. The summed E-state index contributed by atoms with van der Waals surface area (Å²) >= 11 is 0. The summed E-state index contributed by atoms with van der Waals surface area (Å²) in [5.74, 6) is -1.88. The number of esters is 1. The molecule has 0 aromatic heterocycles. The van der Waals surface area contributed by atoms with E-state index >= 15 is 0 Å². The molecule has 2 aromatic rings. The average molecular weight is 411 g/mol. The van der Waals surface area contributed by atoms with Crippen LogP contribution in [-0.2, 0) is 15.7 Å². The van der Waals surface area contributed by atoms with E-state index < -0.39 is 34.6 Å². The maximum atomic E-state index is 12.7. The molecule has 154 valence electrons. The van der Waals surface area contributed by atoms with Crippen molar-refractivity contribution in [3.63, 3.8) is 0 Å². The van der Waals surface area contributed by atoms with Crippen LogP contribution in [0.4, 0.5) is 30.2 Å². The van der Waals surface area contributed by atoms with Gasteiger partial charge in [0.15, 0.2) is 6.10 Å². The third-order valence-electron chi connectivity index (χ3n) is 3.81. The quantitative estimate of drug-likeness (QED) is 0.425. The summed E-state index contributed by atoms with van der Waals surface area (Å²) < 4.78 is 43.3. The molecule has 0 bridgehead atoms. The molecule has 2 rings (SSSR count). The van der Waals surface area contributed by atoms with Gasteiger partial charge in [-0.1, -0.05) is 6.07 Å². The minimum absolute atomic E-state index is 0.126. The number of nitro benzene ring substituents is 1. The first-order chi connectivity index (χ1) is 13.5. The molecule has 0 aliphatic carbocycles. The predicted molar refractivity (Wildman–Crippen MR) is 97.6 cm³/mol. The fourth-order valence-corrected chi connectivity index (χ4v) is 2.33. The number of hydrogen-bond donors (Lipinski definition) is 2. The number of non-ortho nitro benzene ring substituents is 1. The van der Waals surface area contributed by atoms with E-state index in [4.69, 9.17) is 4.74 Å². The van der Waals surface area contributed by atoms with Gasteiger partial charge in [0.2, 0.25) is 0 Å². The number of carbonyl (C=O) groups excluding carboxylic acids is 2. The molecular formula is C18H16F3N3O5. The molecule has 1 amide bonds. The average Bonchev–Trinajstić information content (AvgIpc) is 2.66. The Morgan fingerprint density at radius 1 is 1.17 bits per heavy atom. The molecule has 11 heteroatoms. The Hall–Kier alpha value is -3.63. The van der Waals surface area contributed by atoms with Crippen LogP contribution < -0.4 is 10.6 Å². The van der Waals surface area contributed by atoms with Crippen molar-refractivity contribution in [1.29, 1.82) is 0 Å². The molecule has 29 heavy (non-hydrogen) atoms. The number of carbonyl (C=O) groups is 2. The Bertz CT molecular complexity index is 947. The summed E-state index contributed by atoms with van der Waals surface area (Å²) in [6.07, 6.45) is -5.95. The Kier molecular flexibility index (Phi) is 6.42. The fraction of sp³-hybridized carbons (Fsp3) is 0.222. The number of rotatable bonds is 6. The fourth-order valence-electron chi connectivity index (χ4n) is 2.33. The van der Waals surface area contributed by atoms with E-state index in [-0.39, 0.29) is 22.6 Å². The molecule has 0 radical (unpaired) electrons. The van der Waals surface area contributed by atoms with Gasteiger partial charge in [-0.25, -0.2) is 4.79 Å². The van der Waals surface area contributed by atoms with E-state index in [2.05, 4.69) is 10.6 Å². The van der Waals surface area contributed by atoms with Gasteiger partial charge in [-0.3, -0.25) is 14.9 Å². The number of nitro groups is 1. The second-order valence-electron chi connectivity index (χ2n) is 5.85. The van der Waals surface area contributed by atoms with Gasteiger partial charge in [-0.05, 0) is 31.2 Å². The summed E-state index contributed by atoms with van der Waals surface area (Å²) in [5, 5.41) is 15.8. The number of ether oxygens (including phenoxy) is 1. The van der Waals surface area contributed by atoms with Crippen LogP contribution in [0.3, 0.4) is 0 Å². The first-order valence-electron chi connectivity index (χ1n) is 8.18. The summed E-state index contributed by atoms with van der Waals surface area (Å²) in [6, 6.07) is 7.45. The van der Waals surface area contributed by atoms with E-state index in [1.165, 1.54) is 32.2 Å². The van der Waals surface area contributed by atoms with Crippen molar-refractivity contribution in [2.24, 2.45) is 0 Å². The van der Waals surface area contributed by atoms with Gasteiger partial charge in [0.25, 0.3) is 11.6 Å². The zero-order valence-electron chi connectivity index (χ0n) is 15.2. The molecule has 0 fully saturated rings. The number of hydrogen-bond acceptors (Lipinski definition) is 6. The highest BCUT2D eigenvalue weighted by Crippen LogP contribution is 2.30. The van der Waals surface area contributed by atoms with E-state index in [1.807, 2.05) is 0 Å². The van der Waals surface area contributed by atoms with Crippen molar-refractivity contribution in [3.05, 3.63) is 63.7 Å². The van der Waals surface area contributed by atoms with Crippen molar-refractivity contribution in [1.82, 2.24) is 0 Å². The number of amides is 1. The minimum Gasteiger partial charge on any atom is -0.449 e. The highest BCUT2D eigenvalue weighted by Gasteiger charge is 2.31. The van der Waals surface area contributed by atoms with Crippen LogP contribution in [0.5, 0.6) is 0 Å². The van der Waals surface area contributed by atoms with Crippen molar-refractivity contribution in [2.45, 2.75) is 19.2 Å². The molecule has 8 nitrogen and oxygen atoms in total. The molecule has 0 heterocycles. The second-order valence-corrected chi connectivity index (χ2v) is 5.85. The molecule has 2 N–H and O–H groups in total. The summed E-state index contributed by atoms with van der Waals surface area (Å²) in [4.78, 5) is 34.7. The molecule has 2 aromatic carbocycles. The molecule has 0 saturated heterocycles. The normalized spacial score (nSPS) is 12.0. The number of anilines is 2. The largest absolute Gasteiger partial charge is 0.449 e. The van der Waals surface area contributed by atoms with Crippen LogP contribution >= 0.6 is 0 Å². The lowest BCUT2D eigenvalue weighted by Crippen LogP contribution is -2.30. The van der Waals surface area contributed by atoms with Crippen molar-refractivity contribution >= 4 is 28.9 Å². The lowest BCUT2D eigenvalue weighted by Gasteiger charge is -2.15. The van der Waals surface area contributed by atoms with Crippen LogP contribution in [0.25, 0.3) is 0 Å². The predicted octanol–water partition coefficient (Wildman–Crippen LogP) is 3.84. The van der Waals surface area contributed by atoms with Gasteiger partial charge in [0, 0.05) is 30.6 Å². The maximum absolute atomic E-state index is 12.7. The number of benzene rings is 2. The zero-order chi connectivity index (χ0) is 21.8. The van der Waals surface area contributed by atoms with Crippen molar-refractivity contribution in [3.8, 4) is 0 Å². The molecule has 0 saturated carbocycles.